The molecule has 1 aromatic carbocycles. The molecule has 0 saturated heterocycles. The Morgan fingerprint density at radius 2 is 1.89 bits per heavy atom. The van der Waals surface area contributed by atoms with Gasteiger partial charge in [0.05, 0.1) is 0 Å². The maximum absolute atomic E-state index is 15.9. The molecular weight excluding hydrogens is 481 g/mol. The first-order chi connectivity index (χ1) is 17.4. The number of hydrogen-bond donors (Lipinski definition) is 2. The number of hydrogen-bond acceptors (Lipinski definition) is 3. The van der Waals surface area contributed by atoms with Gasteiger partial charge < -0.3 is 28.2 Å². The number of likely N-dealkylation sites (N-methyl/N-ethyl adjacent to an activating group) is 1. The van der Waals surface area contributed by atoms with Gasteiger partial charge in [0, 0.05) is 60.8 Å². The number of fused-ring (bicyclic) bond motifs is 2. The van der Waals surface area contributed by atoms with Crippen molar-refractivity contribution >= 4 is 41.9 Å². The number of carbonyl (C=O) groups excluding carboxylic acids is 2. The molecule has 6 nitrogen and oxygen atoms in total. The SMILES string of the molecule is CNC(=O)C(Cc1ccccc1)NC(=O)CCC1=[N+]2C(=Cc3ccc(-c4cccs4)n3[B-]2(F)F)C=C1. The minimum absolute atomic E-state index is 0.0196. The van der Waals surface area contributed by atoms with E-state index in [9.17, 15) is 9.59 Å². The van der Waals surface area contributed by atoms with Crippen molar-refractivity contribution in [2.75, 3.05) is 7.05 Å². The lowest BCUT2D eigenvalue weighted by Crippen LogP contribution is -2.50. The molecule has 1 unspecified atom stereocenters. The summed E-state index contributed by atoms with van der Waals surface area (Å²) in [4.78, 5) is 25.9. The zero-order valence-corrected chi connectivity index (χ0v) is 20.5. The molecule has 2 N–H and O–H groups in total. The molecular formula is C26H25BF2N4O2S. The molecule has 36 heavy (non-hydrogen) atoms. The molecule has 0 spiro atoms. The minimum Gasteiger partial charge on any atom is -0.389 e. The molecule has 0 radical (unpaired) electrons. The molecule has 4 heterocycles. The Bertz CT molecular complexity index is 1390. The second-order valence-corrected chi connectivity index (χ2v) is 9.71. The molecule has 0 bridgehead atoms. The molecule has 0 fully saturated rings. The monoisotopic (exact) mass is 506 g/mol. The average Bonchev–Trinajstić information content (AvgIpc) is 3.62. The molecule has 0 saturated carbocycles. The van der Waals surface area contributed by atoms with E-state index in [0.29, 0.717) is 29.2 Å². The van der Waals surface area contributed by atoms with Gasteiger partial charge >= 0.3 is 6.97 Å². The highest BCUT2D eigenvalue weighted by atomic mass is 32.1. The summed E-state index contributed by atoms with van der Waals surface area (Å²) in [5.41, 5.74) is 2.61. The lowest BCUT2D eigenvalue weighted by atomic mass is 9.90. The molecule has 5 rings (SSSR count). The first kappa shape index (κ1) is 23.9. The number of carbonyl (C=O) groups is 2. The summed E-state index contributed by atoms with van der Waals surface area (Å²) >= 11 is 1.41. The van der Waals surface area contributed by atoms with Gasteiger partial charge in [-0.2, -0.15) is 0 Å². The topological polar surface area (TPSA) is 66.1 Å². The zero-order chi connectivity index (χ0) is 25.3. The van der Waals surface area contributed by atoms with Gasteiger partial charge in [0.15, 0.2) is 5.70 Å². The highest BCUT2D eigenvalue weighted by molar-refractivity contribution is 7.13. The lowest BCUT2D eigenvalue weighted by molar-refractivity contribution is -0.362. The van der Waals surface area contributed by atoms with E-state index in [-0.39, 0.29) is 24.7 Å². The summed E-state index contributed by atoms with van der Waals surface area (Å²) in [6.07, 6.45) is 5.48. The fourth-order valence-electron chi connectivity index (χ4n) is 4.77. The van der Waals surface area contributed by atoms with Crippen molar-refractivity contribution in [3.63, 3.8) is 0 Å². The van der Waals surface area contributed by atoms with Crippen LogP contribution in [0.2, 0.25) is 0 Å². The van der Waals surface area contributed by atoms with Gasteiger partial charge in [-0.1, -0.05) is 36.4 Å². The molecule has 2 aliphatic heterocycles. The second kappa shape index (κ2) is 9.70. The minimum atomic E-state index is -4.15. The fourth-order valence-corrected chi connectivity index (χ4v) is 5.52. The van der Waals surface area contributed by atoms with E-state index < -0.39 is 13.0 Å². The van der Waals surface area contributed by atoms with E-state index in [4.69, 9.17) is 0 Å². The maximum atomic E-state index is 15.9. The molecule has 3 aromatic rings. The lowest BCUT2D eigenvalue weighted by Gasteiger charge is -2.30. The predicted octanol–water partition coefficient (Wildman–Crippen LogP) is 4.07. The summed E-state index contributed by atoms with van der Waals surface area (Å²) in [6.45, 7) is -4.15. The maximum Gasteiger partial charge on any atom is 0.737 e. The molecule has 0 aliphatic carbocycles. The Balaban J connectivity index is 1.34. The number of nitrogens with one attached hydrogen (secondary N) is 2. The van der Waals surface area contributed by atoms with Crippen molar-refractivity contribution in [2.24, 2.45) is 0 Å². The van der Waals surface area contributed by atoms with Gasteiger partial charge in [0.1, 0.15) is 11.8 Å². The molecule has 2 aliphatic rings. The zero-order valence-electron chi connectivity index (χ0n) is 19.7. The van der Waals surface area contributed by atoms with Gasteiger partial charge in [-0.25, -0.2) is 0 Å². The van der Waals surface area contributed by atoms with Crippen LogP contribution < -0.4 is 10.6 Å². The van der Waals surface area contributed by atoms with E-state index >= 15 is 8.63 Å². The van der Waals surface area contributed by atoms with Crippen molar-refractivity contribution in [1.29, 1.82) is 0 Å². The van der Waals surface area contributed by atoms with Crippen LogP contribution in [0.5, 0.6) is 0 Å². The van der Waals surface area contributed by atoms with Crippen LogP contribution in [-0.4, -0.2) is 46.6 Å². The standard InChI is InChI=1S/C26H25BF2N4O2S/c1-30-26(35)22(16-18-6-3-2-4-7-18)31-25(34)14-12-19-9-10-20-17-21-11-13-23(24-8-5-15-36-24)33(21)27(28,29)32(19)20/h2-11,13,15,17,22H,12,14,16H2,1H3,(H,30,35)(H,31,34). The van der Waals surface area contributed by atoms with E-state index in [2.05, 4.69) is 10.6 Å². The number of benzene rings is 1. The van der Waals surface area contributed by atoms with Crippen LogP contribution in [0.3, 0.4) is 0 Å². The highest BCUT2D eigenvalue weighted by Gasteiger charge is 2.52. The quantitative estimate of drug-likeness (QED) is 0.453. The van der Waals surface area contributed by atoms with E-state index in [1.807, 2.05) is 47.8 Å². The van der Waals surface area contributed by atoms with Gasteiger partial charge in [-0.15, -0.1) is 11.3 Å². The Labute approximate surface area is 211 Å². The van der Waals surface area contributed by atoms with Crippen molar-refractivity contribution in [3.05, 3.63) is 89.1 Å². The van der Waals surface area contributed by atoms with Crippen LogP contribution in [0.15, 0.2) is 77.8 Å². The summed E-state index contributed by atoms with van der Waals surface area (Å²) in [5, 5.41) is 7.20. The van der Waals surface area contributed by atoms with E-state index in [1.54, 1.807) is 30.4 Å². The number of allylic oxidation sites excluding steroid dienone is 2. The van der Waals surface area contributed by atoms with E-state index in [0.717, 1.165) is 19.4 Å². The summed E-state index contributed by atoms with van der Waals surface area (Å²) in [5.74, 6) is -0.676. The van der Waals surface area contributed by atoms with Crippen molar-refractivity contribution in [1.82, 2.24) is 15.1 Å². The average molecular weight is 506 g/mol. The van der Waals surface area contributed by atoms with Crippen LogP contribution in [0, 0.1) is 0 Å². The largest absolute Gasteiger partial charge is 0.737 e. The van der Waals surface area contributed by atoms with Crippen LogP contribution in [0.1, 0.15) is 24.1 Å². The van der Waals surface area contributed by atoms with Crippen molar-refractivity contribution in [2.45, 2.75) is 25.3 Å². The number of aromatic nitrogens is 1. The number of nitrogens with zero attached hydrogens (tertiary/aromatic N) is 2. The number of rotatable bonds is 8. The number of thiophene rings is 1. The third-order valence-electron chi connectivity index (χ3n) is 6.46. The normalized spacial score (nSPS) is 16.2. The van der Waals surface area contributed by atoms with E-state index in [1.165, 1.54) is 18.4 Å². The van der Waals surface area contributed by atoms with Gasteiger partial charge in [0.25, 0.3) is 0 Å². The third-order valence-corrected chi connectivity index (χ3v) is 7.36. The highest BCUT2D eigenvalue weighted by Crippen LogP contribution is 2.37. The fraction of sp³-hybridized carbons (Fsp3) is 0.192. The van der Waals surface area contributed by atoms with Gasteiger partial charge in [-0.05, 0) is 29.1 Å². The van der Waals surface area contributed by atoms with Gasteiger partial charge in [-0.3, -0.25) is 9.59 Å². The second-order valence-electron chi connectivity index (χ2n) is 8.77. The van der Waals surface area contributed by atoms with Crippen molar-refractivity contribution in [3.8, 4) is 10.6 Å². The molecule has 1 atom stereocenters. The van der Waals surface area contributed by atoms with Crippen LogP contribution in [0.25, 0.3) is 16.6 Å². The molecule has 10 heteroatoms. The smallest absolute Gasteiger partial charge is 0.389 e. The Kier molecular flexibility index (Phi) is 6.45. The van der Waals surface area contributed by atoms with Crippen LogP contribution >= 0.6 is 11.3 Å². The Hall–Kier alpha value is -3.79. The number of halogens is 2. The number of amides is 2. The first-order valence-electron chi connectivity index (χ1n) is 11.8. The summed E-state index contributed by atoms with van der Waals surface area (Å²) in [7, 11) is 1.51. The Morgan fingerprint density at radius 1 is 1.08 bits per heavy atom. The summed E-state index contributed by atoms with van der Waals surface area (Å²) in [6, 6.07) is 15.7. The molecule has 2 aromatic heterocycles. The van der Waals surface area contributed by atoms with Crippen LogP contribution in [0.4, 0.5) is 8.63 Å². The first-order valence-corrected chi connectivity index (χ1v) is 12.6. The van der Waals surface area contributed by atoms with Crippen LogP contribution in [-0.2, 0) is 16.0 Å². The van der Waals surface area contributed by atoms with Crippen molar-refractivity contribution < 1.29 is 22.7 Å². The molecule has 184 valence electrons. The molecule has 2 amide bonds. The van der Waals surface area contributed by atoms with Gasteiger partial charge in [0.2, 0.25) is 11.8 Å². The summed E-state index contributed by atoms with van der Waals surface area (Å²) < 4.78 is 34.0. The predicted molar refractivity (Wildman–Crippen MR) is 139 cm³/mol. The third kappa shape index (κ3) is 4.44. The Morgan fingerprint density at radius 3 is 2.61 bits per heavy atom.